The molecule has 2 N–H and O–H groups in total. The molecule has 1 heterocycles. The highest BCUT2D eigenvalue weighted by molar-refractivity contribution is 7.90. The average Bonchev–Trinajstić information content (AvgIpc) is 2.51. The van der Waals surface area contributed by atoms with Gasteiger partial charge in [-0.15, -0.1) is 4.40 Å². The summed E-state index contributed by atoms with van der Waals surface area (Å²) in [5.41, 5.74) is 0.442. The molecule has 120 valence electrons. The van der Waals surface area contributed by atoms with Crippen LogP contribution >= 0.6 is 11.6 Å². The van der Waals surface area contributed by atoms with Gasteiger partial charge in [0.1, 0.15) is 10.7 Å². The number of benzene rings is 1. The first kappa shape index (κ1) is 15.8. The molecule has 0 aromatic heterocycles. The number of fused-ring (bicyclic) bond motifs is 1. The summed E-state index contributed by atoms with van der Waals surface area (Å²) in [6.07, 6.45) is 5.82. The molecule has 1 atom stereocenters. The summed E-state index contributed by atoms with van der Waals surface area (Å²) in [5.74, 6) is 7.05. The largest absolute Gasteiger partial charge is 0.286 e. The number of hydrazine groups is 1. The van der Waals surface area contributed by atoms with Crippen LogP contribution in [0.1, 0.15) is 39.0 Å². The van der Waals surface area contributed by atoms with Crippen molar-refractivity contribution in [3.8, 4) is 0 Å². The third kappa shape index (κ3) is 2.75. The number of nitrogens with two attached hydrogens (primary N) is 1. The summed E-state index contributed by atoms with van der Waals surface area (Å²) in [5, 5.41) is 1.76. The topological polar surface area (TPSA) is 75.8 Å². The van der Waals surface area contributed by atoms with Gasteiger partial charge in [0.15, 0.2) is 0 Å². The lowest BCUT2D eigenvalue weighted by Crippen LogP contribution is -2.46. The molecule has 1 aliphatic carbocycles. The van der Waals surface area contributed by atoms with E-state index in [2.05, 4.69) is 4.40 Å². The van der Waals surface area contributed by atoms with Gasteiger partial charge in [-0.3, -0.25) is 5.01 Å². The Balaban J connectivity index is 2.00. The molecule has 1 fully saturated rings. The van der Waals surface area contributed by atoms with Crippen LogP contribution in [0.3, 0.4) is 0 Å². The van der Waals surface area contributed by atoms with E-state index < -0.39 is 10.0 Å². The molecular weight excluding hydrogens is 322 g/mol. The SMILES string of the molecule is C[C@@H](C1=NS(=O)(=O)c2cc(Cl)ccc2N1N)C1CCCCC1. The molecule has 2 aliphatic rings. The van der Waals surface area contributed by atoms with Crippen LogP contribution in [0.4, 0.5) is 5.69 Å². The van der Waals surface area contributed by atoms with E-state index in [1.807, 2.05) is 6.92 Å². The number of halogens is 1. The maximum atomic E-state index is 12.4. The lowest BCUT2D eigenvalue weighted by molar-refractivity contribution is 0.310. The van der Waals surface area contributed by atoms with Gasteiger partial charge in [0, 0.05) is 10.9 Å². The first-order chi connectivity index (χ1) is 10.4. The first-order valence-electron chi connectivity index (χ1n) is 7.59. The van der Waals surface area contributed by atoms with Crippen molar-refractivity contribution in [3.05, 3.63) is 23.2 Å². The van der Waals surface area contributed by atoms with Gasteiger partial charge >= 0.3 is 0 Å². The number of anilines is 1. The fourth-order valence-corrected chi connectivity index (χ4v) is 4.92. The monoisotopic (exact) mass is 341 g/mol. The molecule has 0 radical (unpaired) electrons. The predicted octanol–water partition coefficient (Wildman–Crippen LogP) is 3.34. The quantitative estimate of drug-likeness (QED) is 0.837. The highest BCUT2D eigenvalue weighted by atomic mass is 35.5. The van der Waals surface area contributed by atoms with Crippen molar-refractivity contribution < 1.29 is 8.42 Å². The molecule has 5 nitrogen and oxygen atoms in total. The Hall–Kier alpha value is -1.11. The van der Waals surface area contributed by atoms with Gasteiger partial charge in [-0.05, 0) is 37.0 Å². The van der Waals surface area contributed by atoms with Crippen molar-refractivity contribution in [2.24, 2.45) is 22.1 Å². The van der Waals surface area contributed by atoms with E-state index in [9.17, 15) is 8.42 Å². The molecule has 1 aromatic rings. The second kappa shape index (κ2) is 5.83. The Labute approximate surface area is 136 Å². The van der Waals surface area contributed by atoms with Crippen molar-refractivity contribution in [3.63, 3.8) is 0 Å². The van der Waals surface area contributed by atoms with Crippen molar-refractivity contribution in [2.75, 3.05) is 5.01 Å². The van der Waals surface area contributed by atoms with Gasteiger partial charge in [-0.2, -0.15) is 8.42 Å². The number of sulfonamides is 1. The minimum atomic E-state index is -3.75. The van der Waals surface area contributed by atoms with Crippen molar-refractivity contribution in [1.29, 1.82) is 0 Å². The molecule has 0 spiro atoms. The van der Waals surface area contributed by atoms with Crippen LogP contribution in [0, 0.1) is 11.8 Å². The fourth-order valence-electron chi connectivity index (χ4n) is 3.38. The zero-order valence-corrected chi connectivity index (χ0v) is 14.1. The third-order valence-electron chi connectivity index (χ3n) is 4.68. The lowest BCUT2D eigenvalue weighted by Gasteiger charge is -2.34. The molecule has 1 aliphatic heterocycles. The number of amidine groups is 1. The van der Waals surface area contributed by atoms with Gasteiger partial charge in [0.05, 0.1) is 5.69 Å². The van der Waals surface area contributed by atoms with E-state index >= 15 is 0 Å². The average molecular weight is 342 g/mol. The summed E-state index contributed by atoms with van der Waals surface area (Å²) < 4.78 is 28.9. The summed E-state index contributed by atoms with van der Waals surface area (Å²) in [7, 11) is -3.75. The molecule has 1 aromatic carbocycles. The molecule has 7 heteroatoms. The number of nitrogens with zero attached hydrogens (tertiary/aromatic N) is 2. The molecule has 1 saturated carbocycles. The first-order valence-corrected chi connectivity index (χ1v) is 9.41. The molecule has 0 saturated heterocycles. The van der Waals surface area contributed by atoms with Crippen LogP contribution in [-0.2, 0) is 10.0 Å². The van der Waals surface area contributed by atoms with E-state index in [1.54, 1.807) is 12.1 Å². The normalized spacial score (nSPS) is 22.9. The standard InChI is InChI=1S/C15H20ClN3O2S/c1-10(11-5-3-2-4-6-11)15-18-22(20,21)14-9-12(16)7-8-13(14)19(15)17/h7-11H,2-6,17H2,1H3/t10-/m1/s1. The Morgan fingerprint density at radius 3 is 2.68 bits per heavy atom. The van der Waals surface area contributed by atoms with E-state index in [0.717, 1.165) is 12.8 Å². The Bertz CT molecular complexity index is 711. The Morgan fingerprint density at radius 1 is 1.32 bits per heavy atom. The van der Waals surface area contributed by atoms with Crippen LogP contribution in [0.25, 0.3) is 0 Å². The van der Waals surface area contributed by atoms with Gasteiger partial charge < -0.3 is 0 Å². The summed E-state index contributed by atoms with van der Waals surface area (Å²) in [4.78, 5) is 0.0714. The third-order valence-corrected chi connectivity index (χ3v) is 6.23. The van der Waals surface area contributed by atoms with Crippen LogP contribution in [0.2, 0.25) is 5.02 Å². The van der Waals surface area contributed by atoms with Crippen molar-refractivity contribution in [1.82, 2.24) is 0 Å². The van der Waals surface area contributed by atoms with Crippen LogP contribution < -0.4 is 10.9 Å². The summed E-state index contributed by atoms with van der Waals surface area (Å²) in [6, 6.07) is 4.68. The van der Waals surface area contributed by atoms with E-state index in [1.165, 1.54) is 30.3 Å². The number of hydrogen-bond acceptors (Lipinski definition) is 4. The molecule has 0 amide bonds. The van der Waals surface area contributed by atoms with Crippen LogP contribution in [0.5, 0.6) is 0 Å². The van der Waals surface area contributed by atoms with Gasteiger partial charge in [0.25, 0.3) is 10.0 Å². The predicted molar refractivity (Wildman–Crippen MR) is 88.5 cm³/mol. The molecular formula is C15H20ClN3O2S. The minimum absolute atomic E-state index is 0.0175. The molecule has 3 rings (SSSR count). The lowest BCUT2D eigenvalue weighted by atomic mass is 9.80. The number of hydrogen-bond donors (Lipinski definition) is 1. The highest BCUT2D eigenvalue weighted by Crippen LogP contribution is 2.37. The van der Waals surface area contributed by atoms with Crippen molar-refractivity contribution >= 4 is 33.1 Å². The maximum absolute atomic E-state index is 12.4. The Morgan fingerprint density at radius 2 is 2.00 bits per heavy atom. The molecule has 22 heavy (non-hydrogen) atoms. The van der Waals surface area contributed by atoms with Crippen LogP contribution in [-0.4, -0.2) is 14.3 Å². The molecule has 0 unspecified atom stereocenters. The summed E-state index contributed by atoms with van der Waals surface area (Å²) in [6.45, 7) is 2.02. The number of rotatable bonds is 2. The zero-order chi connectivity index (χ0) is 15.9. The maximum Gasteiger partial charge on any atom is 0.286 e. The second-order valence-electron chi connectivity index (χ2n) is 6.09. The van der Waals surface area contributed by atoms with Gasteiger partial charge in [-0.1, -0.05) is 37.8 Å². The minimum Gasteiger partial charge on any atom is -0.264 e. The van der Waals surface area contributed by atoms with E-state index in [0.29, 0.717) is 22.5 Å². The Kier molecular flexibility index (Phi) is 4.18. The summed E-state index contributed by atoms with van der Waals surface area (Å²) >= 11 is 5.90. The van der Waals surface area contributed by atoms with Crippen LogP contribution in [0.15, 0.2) is 27.5 Å². The fraction of sp³-hybridized carbons (Fsp3) is 0.533. The highest BCUT2D eigenvalue weighted by Gasteiger charge is 2.35. The second-order valence-corrected chi connectivity index (χ2v) is 8.10. The van der Waals surface area contributed by atoms with Crippen molar-refractivity contribution in [2.45, 2.75) is 43.9 Å². The van der Waals surface area contributed by atoms with E-state index in [4.69, 9.17) is 17.4 Å². The van der Waals surface area contributed by atoms with Gasteiger partial charge in [0.2, 0.25) is 0 Å². The smallest absolute Gasteiger partial charge is 0.264 e. The van der Waals surface area contributed by atoms with Gasteiger partial charge in [-0.25, -0.2) is 5.84 Å². The van der Waals surface area contributed by atoms with E-state index in [-0.39, 0.29) is 10.8 Å². The molecule has 0 bridgehead atoms. The zero-order valence-electron chi connectivity index (χ0n) is 12.5.